The summed E-state index contributed by atoms with van der Waals surface area (Å²) in [7, 11) is 0. The number of aliphatic hydroxyl groups is 1. The van der Waals surface area contributed by atoms with E-state index in [2.05, 4.69) is 22.0 Å². The van der Waals surface area contributed by atoms with Crippen molar-refractivity contribution in [3.05, 3.63) is 46.1 Å². The molecule has 1 fully saturated rings. The molecule has 0 saturated heterocycles. The molecule has 1 saturated carbocycles. The van der Waals surface area contributed by atoms with Crippen LogP contribution in [0.3, 0.4) is 0 Å². The summed E-state index contributed by atoms with van der Waals surface area (Å²) in [6.07, 6.45) is 2.39. The Bertz CT molecular complexity index is 1410. The van der Waals surface area contributed by atoms with E-state index >= 15 is 0 Å². The third-order valence-electron chi connectivity index (χ3n) is 5.69. The normalized spacial score (nSPS) is 19.3. The van der Waals surface area contributed by atoms with Crippen molar-refractivity contribution in [3.63, 3.8) is 0 Å². The number of benzene rings is 1. The molecule has 152 valence electrons. The highest BCUT2D eigenvalue weighted by Gasteiger charge is 2.39. The summed E-state index contributed by atoms with van der Waals surface area (Å²) in [5.74, 6) is 0.645. The molecule has 4 aromatic rings. The second kappa shape index (κ2) is 6.47. The Hall–Kier alpha value is -3.58. The zero-order valence-electron chi connectivity index (χ0n) is 16.2. The van der Waals surface area contributed by atoms with E-state index in [1.807, 2.05) is 6.07 Å². The fraction of sp³-hybridized carbons (Fsp3) is 0.350. The number of aromatic nitrogens is 5. The summed E-state index contributed by atoms with van der Waals surface area (Å²) in [5, 5.41) is 23.2. The van der Waals surface area contributed by atoms with Gasteiger partial charge in [-0.2, -0.15) is 10.2 Å². The molecule has 10 heteroatoms. The molecule has 0 amide bonds. The maximum atomic E-state index is 14.3. The lowest BCUT2D eigenvalue weighted by Crippen LogP contribution is -2.28. The van der Waals surface area contributed by atoms with Gasteiger partial charge in [-0.15, -0.1) is 0 Å². The molecule has 0 radical (unpaired) electrons. The van der Waals surface area contributed by atoms with Crippen LogP contribution in [0.1, 0.15) is 43.7 Å². The monoisotopic (exact) mass is 408 g/mol. The highest BCUT2D eigenvalue weighted by atomic mass is 19.1. The first-order valence-corrected chi connectivity index (χ1v) is 9.55. The third kappa shape index (κ3) is 2.48. The van der Waals surface area contributed by atoms with Gasteiger partial charge in [0.25, 0.3) is 5.56 Å². The molecular weight excluding hydrogens is 391 g/mol. The molecule has 3 unspecified atom stereocenters. The minimum Gasteiger partial charge on any atom is -0.394 e. The van der Waals surface area contributed by atoms with Crippen LogP contribution in [-0.4, -0.2) is 35.8 Å². The van der Waals surface area contributed by atoms with E-state index in [9.17, 15) is 19.6 Å². The van der Waals surface area contributed by atoms with E-state index < -0.39 is 17.4 Å². The van der Waals surface area contributed by atoms with Crippen molar-refractivity contribution in [1.82, 2.24) is 24.1 Å². The van der Waals surface area contributed by atoms with E-state index in [-0.39, 0.29) is 40.6 Å². The summed E-state index contributed by atoms with van der Waals surface area (Å²) in [6, 6.07) is 3.76. The summed E-state index contributed by atoms with van der Waals surface area (Å²) in [5.41, 5.74) is 0.0834. The van der Waals surface area contributed by atoms with Gasteiger partial charge >= 0.3 is 0 Å². The fourth-order valence-electron chi connectivity index (χ4n) is 3.87. The quantitative estimate of drug-likeness (QED) is 0.550. The molecule has 30 heavy (non-hydrogen) atoms. The topological polar surface area (TPSA) is 122 Å². The molecule has 1 N–H and O–H groups in total. The Balaban J connectivity index is 1.85. The first kappa shape index (κ1) is 18.4. The van der Waals surface area contributed by atoms with Crippen molar-refractivity contribution in [2.45, 2.75) is 32.2 Å². The van der Waals surface area contributed by atoms with Crippen LogP contribution in [0.5, 0.6) is 0 Å². The highest BCUT2D eigenvalue weighted by Crippen LogP contribution is 2.46. The third-order valence-corrected chi connectivity index (χ3v) is 5.69. The van der Waals surface area contributed by atoms with Gasteiger partial charge in [-0.1, -0.05) is 12.1 Å². The predicted octanol–water partition coefficient (Wildman–Crippen LogP) is 2.39. The molecule has 9 nitrogen and oxygen atoms in total. The Morgan fingerprint density at radius 2 is 2.20 bits per heavy atom. The van der Waals surface area contributed by atoms with Gasteiger partial charge in [0.15, 0.2) is 0 Å². The van der Waals surface area contributed by atoms with Crippen LogP contribution in [0.15, 0.2) is 27.8 Å². The Morgan fingerprint density at radius 1 is 1.43 bits per heavy atom. The molecule has 0 aliphatic heterocycles. The van der Waals surface area contributed by atoms with Crippen molar-refractivity contribution in [1.29, 1.82) is 5.26 Å². The van der Waals surface area contributed by atoms with Crippen LogP contribution in [-0.2, 0) is 0 Å². The average Bonchev–Trinajstić information content (AvgIpc) is 3.12. The summed E-state index contributed by atoms with van der Waals surface area (Å²) < 4.78 is 22.4. The van der Waals surface area contributed by atoms with Crippen LogP contribution in [0.25, 0.3) is 28.1 Å². The van der Waals surface area contributed by atoms with Crippen molar-refractivity contribution in [2.24, 2.45) is 5.92 Å². The number of fused-ring (bicyclic) bond motifs is 3. The van der Waals surface area contributed by atoms with Crippen molar-refractivity contribution in [2.75, 3.05) is 6.61 Å². The van der Waals surface area contributed by atoms with Crippen LogP contribution in [0.2, 0.25) is 0 Å². The standard InChI is InChI=1S/C20H17FN6O3/c1-9-5-11(9)19-24-18(25-30-19)15-17-20(29)27(10(2)7-28)16-12(6-22)13(21)3-4-14(16)26(17)8-23-15/h3-4,8-11,28H,5,7H2,1-2H3. The zero-order chi connectivity index (χ0) is 21.2. The SMILES string of the molecule is CC1CC1c1nc(-c2ncn3c2c(=O)n(C(C)CO)c2c(C#N)c(F)ccc23)no1. The molecule has 1 aliphatic carbocycles. The van der Waals surface area contributed by atoms with Crippen LogP contribution < -0.4 is 5.56 Å². The smallest absolute Gasteiger partial charge is 0.278 e. The van der Waals surface area contributed by atoms with Gasteiger partial charge in [0.05, 0.1) is 23.7 Å². The van der Waals surface area contributed by atoms with Crippen LogP contribution in [0.4, 0.5) is 4.39 Å². The number of halogens is 1. The molecule has 3 aromatic heterocycles. The summed E-state index contributed by atoms with van der Waals surface area (Å²) in [4.78, 5) is 22.2. The number of hydrogen-bond acceptors (Lipinski definition) is 7. The molecular formula is C20H17FN6O3. The molecule has 1 aromatic carbocycles. The minimum atomic E-state index is -0.746. The first-order chi connectivity index (χ1) is 14.5. The highest BCUT2D eigenvalue weighted by molar-refractivity contribution is 5.87. The van der Waals surface area contributed by atoms with Crippen LogP contribution in [0, 0.1) is 23.1 Å². The molecule has 3 heterocycles. The Labute approximate surface area is 169 Å². The largest absolute Gasteiger partial charge is 0.394 e. The lowest BCUT2D eigenvalue weighted by Gasteiger charge is -2.18. The van der Waals surface area contributed by atoms with Gasteiger partial charge < -0.3 is 9.63 Å². The number of imidazole rings is 1. The summed E-state index contributed by atoms with van der Waals surface area (Å²) in [6.45, 7) is 3.33. The number of nitrogens with zero attached hydrogens (tertiary/aromatic N) is 6. The van der Waals surface area contributed by atoms with Gasteiger partial charge in [0, 0.05) is 5.92 Å². The Morgan fingerprint density at radius 3 is 2.87 bits per heavy atom. The first-order valence-electron chi connectivity index (χ1n) is 9.55. The van der Waals surface area contributed by atoms with Crippen molar-refractivity contribution in [3.8, 4) is 17.6 Å². The number of hydrogen-bond donors (Lipinski definition) is 1. The minimum absolute atomic E-state index is 0.0982. The fourth-order valence-corrected chi connectivity index (χ4v) is 3.87. The van der Waals surface area contributed by atoms with Gasteiger partial charge in [-0.05, 0) is 31.4 Å². The number of aliphatic hydroxyl groups excluding tert-OH is 1. The summed E-state index contributed by atoms with van der Waals surface area (Å²) >= 11 is 0. The zero-order valence-corrected chi connectivity index (χ0v) is 16.2. The molecule has 3 atom stereocenters. The second-order valence-electron chi connectivity index (χ2n) is 7.70. The average molecular weight is 408 g/mol. The van der Waals surface area contributed by atoms with Crippen LogP contribution >= 0.6 is 0 Å². The maximum absolute atomic E-state index is 14.3. The lowest BCUT2D eigenvalue weighted by molar-refractivity contribution is 0.239. The van der Waals surface area contributed by atoms with Gasteiger partial charge in [0.1, 0.15) is 35.0 Å². The van der Waals surface area contributed by atoms with E-state index in [4.69, 9.17) is 4.52 Å². The number of rotatable bonds is 4. The number of nitriles is 1. The molecule has 1 aliphatic rings. The van der Waals surface area contributed by atoms with E-state index in [0.717, 1.165) is 6.42 Å². The maximum Gasteiger partial charge on any atom is 0.278 e. The molecule has 5 rings (SSSR count). The van der Waals surface area contributed by atoms with E-state index in [1.165, 1.54) is 27.4 Å². The van der Waals surface area contributed by atoms with Gasteiger partial charge in [0.2, 0.25) is 11.7 Å². The molecule has 0 bridgehead atoms. The van der Waals surface area contributed by atoms with E-state index in [0.29, 0.717) is 17.3 Å². The van der Waals surface area contributed by atoms with Crippen molar-refractivity contribution < 1.29 is 14.0 Å². The van der Waals surface area contributed by atoms with Gasteiger partial charge in [-0.25, -0.2) is 9.37 Å². The van der Waals surface area contributed by atoms with Crippen molar-refractivity contribution >= 4 is 16.6 Å². The van der Waals surface area contributed by atoms with E-state index in [1.54, 1.807) is 6.92 Å². The lowest BCUT2D eigenvalue weighted by atomic mass is 10.1. The Kier molecular flexibility index (Phi) is 3.98. The molecule has 0 spiro atoms. The second-order valence-corrected chi connectivity index (χ2v) is 7.70. The predicted molar refractivity (Wildman–Crippen MR) is 103 cm³/mol. The van der Waals surface area contributed by atoms with Gasteiger partial charge in [-0.3, -0.25) is 13.8 Å².